The predicted octanol–water partition coefficient (Wildman–Crippen LogP) is 4.46. The number of thiocarbonyl (C=S) groups is 1. The zero-order valence-electron chi connectivity index (χ0n) is 13.1. The second kappa shape index (κ2) is 6.13. The number of hydrogen-bond donors (Lipinski definition) is 1. The fraction of sp³-hybridized carbons (Fsp3) is 0.389. The summed E-state index contributed by atoms with van der Waals surface area (Å²) in [5.74, 6) is 1.60. The number of rotatable bonds is 3. The highest BCUT2D eigenvalue weighted by Gasteiger charge is 2.40. The van der Waals surface area contributed by atoms with Crippen molar-refractivity contribution in [1.29, 1.82) is 0 Å². The second-order valence-corrected chi connectivity index (χ2v) is 7.57. The third-order valence-electron chi connectivity index (χ3n) is 4.66. The molecule has 2 heterocycles. The summed E-state index contributed by atoms with van der Waals surface area (Å²) < 4.78 is 5.29. The summed E-state index contributed by atoms with van der Waals surface area (Å²) >= 11 is 7.63. The topological polar surface area (TPSA) is 24.5 Å². The molecule has 5 heteroatoms. The van der Waals surface area contributed by atoms with E-state index in [1.165, 1.54) is 18.4 Å². The first-order chi connectivity index (χ1) is 11.3. The van der Waals surface area contributed by atoms with Crippen molar-refractivity contribution in [3.8, 4) is 5.75 Å². The van der Waals surface area contributed by atoms with Crippen LogP contribution in [0.1, 0.15) is 29.3 Å². The Bertz CT molecular complexity index is 723. The molecule has 4 rings (SSSR count). The third-order valence-corrected chi connectivity index (χ3v) is 6.00. The Balaban J connectivity index is 1.55. The SMILES string of the molecule is COc1cccc(NC(=S)N2CCc3sccc3[C@@H]2C2CC2)c1. The van der Waals surface area contributed by atoms with Crippen LogP contribution < -0.4 is 10.1 Å². The molecule has 0 saturated heterocycles. The number of benzene rings is 1. The molecular formula is C18H20N2OS2. The average Bonchev–Trinajstić information content (AvgIpc) is 3.30. The Kier molecular flexibility index (Phi) is 3.99. The number of thiophene rings is 1. The highest BCUT2D eigenvalue weighted by Crippen LogP contribution is 2.48. The van der Waals surface area contributed by atoms with Crippen molar-refractivity contribution < 1.29 is 4.74 Å². The summed E-state index contributed by atoms with van der Waals surface area (Å²) in [5.41, 5.74) is 2.48. The number of ether oxygens (including phenoxy) is 1. The number of fused-ring (bicyclic) bond motifs is 1. The van der Waals surface area contributed by atoms with E-state index in [1.807, 2.05) is 35.6 Å². The normalized spacial score (nSPS) is 20.0. The van der Waals surface area contributed by atoms with Crippen LogP contribution in [0.25, 0.3) is 0 Å². The number of methoxy groups -OCH3 is 1. The first-order valence-electron chi connectivity index (χ1n) is 8.04. The van der Waals surface area contributed by atoms with Crippen LogP contribution in [0.15, 0.2) is 35.7 Å². The molecule has 23 heavy (non-hydrogen) atoms. The molecule has 2 aliphatic rings. The lowest BCUT2D eigenvalue weighted by atomic mass is 9.96. The minimum atomic E-state index is 0.454. The minimum Gasteiger partial charge on any atom is -0.497 e. The fourth-order valence-electron chi connectivity index (χ4n) is 3.39. The molecule has 0 spiro atoms. The molecule has 0 unspecified atom stereocenters. The third kappa shape index (κ3) is 2.95. The lowest BCUT2D eigenvalue weighted by Crippen LogP contribution is -2.42. The van der Waals surface area contributed by atoms with E-state index < -0.39 is 0 Å². The molecule has 1 aromatic carbocycles. The lowest BCUT2D eigenvalue weighted by Gasteiger charge is -2.38. The van der Waals surface area contributed by atoms with Crippen LogP contribution in [0.5, 0.6) is 5.75 Å². The number of nitrogens with one attached hydrogen (secondary N) is 1. The number of anilines is 1. The predicted molar refractivity (Wildman–Crippen MR) is 99.4 cm³/mol. The van der Waals surface area contributed by atoms with Crippen LogP contribution in [-0.4, -0.2) is 23.7 Å². The van der Waals surface area contributed by atoms with Gasteiger partial charge in [0.05, 0.1) is 13.2 Å². The van der Waals surface area contributed by atoms with E-state index in [-0.39, 0.29) is 0 Å². The maximum absolute atomic E-state index is 5.74. The first-order valence-corrected chi connectivity index (χ1v) is 9.33. The van der Waals surface area contributed by atoms with Gasteiger partial charge in [0.15, 0.2) is 5.11 Å². The minimum absolute atomic E-state index is 0.454. The molecule has 1 N–H and O–H groups in total. The molecule has 0 bridgehead atoms. The van der Waals surface area contributed by atoms with Gasteiger partial charge in [-0.25, -0.2) is 0 Å². The maximum Gasteiger partial charge on any atom is 0.173 e. The van der Waals surface area contributed by atoms with Crippen LogP contribution in [0.4, 0.5) is 5.69 Å². The van der Waals surface area contributed by atoms with Crippen molar-refractivity contribution >= 4 is 34.4 Å². The van der Waals surface area contributed by atoms with Gasteiger partial charge in [-0.05, 0) is 66.5 Å². The summed E-state index contributed by atoms with van der Waals surface area (Å²) in [7, 11) is 1.68. The molecule has 1 atom stereocenters. The van der Waals surface area contributed by atoms with Crippen LogP contribution in [0.3, 0.4) is 0 Å². The smallest absolute Gasteiger partial charge is 0.173 e. The summed E-state index contributed by atoms with van der Waals surface area (Å²) in [6.45, 7) is 1.00. The van der Waals surface area contributed by atoms with E-state index in [0.29, 0.717) is 6.04 Å². The van der Waals surface area contributed by atoms with Crippen molar-refractivity contribution in [2.75, 3.05) is 19.0 Å². The Labute approximate surface area is 146 Å². The van der Waals surface area contributed by atoms with E-state index in [9.17, 15) is 0 Å². The van der Waals surface area contributed by atoms with Crippen molar-refractivity contribution in [2.24, 2.45) is 5.92 Å². The Morgan fingerprint density at radius 1 is 1.35 bits per heavy atom. The zero-order chi connectivity index (χ0) is 15.8. The van der Waals surface area contributed by atoms with Gasteiger partial charge in [-0.3, -0.25) is 0 Å². The molecule has 3 nitrogen and oxygen atoms in total. The standard InChI is InChI=1S/C18H20N2OS2/c1-21-14-4-2-3-13(11-14)19-18(22)20-9-7-16-15(8-10-23-16)17(20)12-5-6-12/h2-4,8,10-12,17H,5-7,9H2,1H3,(H,19,22)/t17-/m0/s1. The summed E-state index contributed by atoms with van der Waals surface area (Å²) in [6, 6.07) is 10.7. The van der Waals surface area contributed by atoms with Gasteiger partial charge in [0.2, 0.25) is 0 Å². The molecule has 0 radical (unpaired) electrons. The molecule has 1 saturated carbocycles. The lowest BCUT2D eigenvalue weighted by molar-refractivity contribution is 0.276. The number of nitrogens with zero attached hydrogens (tertiary/aromatic N) is 1. The molecule has 120 valence electrons. The largest absolute Gasteiger partial charge is 0.497 e. The molecule has 2 aromatic rings. The molecule has 1 aliphatic heterocycles. The van der Waals surface area contributed by atoms with Crippen molar-refractivity contribution in [2.45, 2.75) is 25.3 Å². The molecule has 1 fully saturated rings. The van der Waals surface area contributed by atoms with Gasteiger partial charge in [0.1, 0.15) is 5.75 Å². The highest BCUT2D eigenvalue weighted by atomic mass is 32.1. The quantitative estimate of drug-likeness (QED) is 0.831. The van der Waals surface area contributed by atoms with Gasteiger partial charge in [-0.15, -0.1) is 11.3 Å². The summed E-state index contributed by atoms with van der Waals surface area (Å²) in [6.07, 6.45) is 3.73. The van der Waals surface area contributed by atoms with Gasteiger partial charge in [0.25, 0.3) is 0 Å². The van der Waals surface area contributed by atoms with E-state index >= 15 is 0 Å². The van der Waals surface area contributed by atoms with E-state index in [0.717, 1.165) is 35.4 Å². The summed E-state index contributed by atoms with van der Waals surface area (Å²) in [4.78, 5) is 3.93. The first kappa shape index (κ1) is 15.0. The molecule has 0 amide bonds. The second-order valence-electron chi connectivity index (χ2n) is 6.19. The van der Waals surface area contributed by atoms with Gasteiger partial charge < -0.3 is 15.0 Å². The molecule has 1 aromatic heterocycles. The Morgan fingerprint density at radius 2 is 2.22 bits per heavy atom. The average molecular weight is 345 g/mol. The summed E-state index contributed by atoms with van der Waals surface area (Å²) in [5, 5.41) is 6.45. The number of hydrogen-bond acceptors (Lipinski definition) is 3. The van der Waals surface area contributed by atoms with Crippen LogP contribution >= 0.6 is 23.6 Å². The van der Waals surface area contributed by atoms with Crippen molar-refractivity contribution in [3.05, 3.63) is 46.2 Å². The van der Waals surface area contributed by atoms with Crippen LogP contribution in [0.2, 0.25) is 0 Å². The molecule has 1 aliphatic carbocycles. The van der Waals surface area contributed by atoms with Gasteiger partial charge >= 0.3 is 0 Å². The Hall–Kier alpha value is -1.59. The Morgan fingerprint density at radius 3 is 3.00 bits per heavy atom. The zero-order valence-corrected chi connectivity index (χ0v) is 14.8. The van der Waals surface area contributed by atoms with E-state index in [1.54, 1.807) is 12.0 Å². The van der Waals surface area contributed by atoms with E-state index in [4.69, 9.17) is 17.0 Å². The highest BCUT2D eigenvalue weighted by molar-refractivity contribution is 7.80. The monoisotopic (exact) mass is 344 g/mol. The van der Waals surface area contributed by atoms with Crippen molar-refractivity contribution in [3.63, 3.8) is 0 Å². The fourth-order valence-corrected chi connectivity index (χ4v) is 4.63. The van der Waals surface area contributed by atoms with Gasteiger partial charge in [-0.1, -0.05) is 6.07 Å². The maximum atomic E-state index is 5.74. The van der Waals surface area contributed by atoms with Crippen molar-refractivity contribution in [1.82, 2.24) is 4.90 Å². The van der Waals surface area contributed by atoms with Gasteiger partial charge in [0, 0.05) is 23.2 Å². The van der Waals surface area contributed by atoms with Crippen LogP contribution in [-0.2, 0) is 6.42 Å². The molecular weight excluding hydrogens is 324 g/mol. The van der Waals surface area contributed by atoms with Crippen LogP contribution in [0, 0.1) is 5.92 Å². The van der Waals surface area contributed by atoms with Gasteiger partial charge in [-0.2, -0.15) is 0 Å². The van der Waals surface area contributed by atoms with E-state index in [2.05, 4.69) is 21.7 Å².